The van der Waals surface area contributed by atoms with Crippen molar-refractivity contribution >= 4 is 53.5 Å². The van der Waals surface area contributed by atoms with Gasteiger partial charge in [-0.25, -0.2) is 8.42 Å². The fourth-order valence-corrected chi connectivity index (χ4v) is 5.66. The average Bonchev–Trinajstić information content (AvgIpc) is 2.76. The van der Waals surface area contributed by atoms with Crippen LogP contribution in [0.25, 0.3) is 0 Å². The Kier molecular flexibility index (Phi) is 4.75. The molecular weight excluding hydrogens is 405 g/mol. The standard InChI is InChI=1S/C11H12Br2ClNO2S/c12-7-9-2-1-5-15(9)18(16,17)11-4-3-8(13)6-10(11)14/h3-4,6,9H,1-2,5,7H2. The quantitative estimate of drug-likeness (QED) is 0.704. The van der Waals surface area contributed by atoms with Crippen LogP contribution in [0.2, 0.25) is 5.02 Å². The Morgan fingerprint density at radius 1 is 1.44 bits per heavy atom. The predicted molar refractivity (Wildman–Crippen MR) is 79.9 cm³/mol. The van der Waals surface area contributed by atoms with Crippen LogP contribution in [-0.4, -0.2) is 30.6 Å². The van der Waals surface area contributed by atoms with E-state index in [1.54, 1.807) is 18.2 Å². The minimum atomic E-state index is -3.50. The van der Waals surface area contributed by atoms with E-state index < -0.39 is 10.0 Å². The number of hydrogen-bond donors (Lipinski definition) is 0. The lowest BCUT2D eigenvalue weighted by Gasteiger charge is -2.23. The van der Waals surface area contributed by atoms with Crippen molar-refractivity contribution in [2.75, 3.05) is 11.9 Å². The second-order valence-corrected chi connectivity index (χ2v) is 7.97. The SMILES string of the molecule is O=S(=O)(c1ccc(Br)cc1Cl)N1CCCC1CBr. The largest absolute Gasteiger partial charge is 0.244 e. The average molecular weight is 418 g/mol. The molecule has 0 saturated carbocycles. The van der Waals surface area contributed by atoms with Crippen LogP contribution in [0, 0.1) is 0 Å². The normalized spacial score (nSPS) is 21.4. The van der Waals surface area contributed by atoms with Crippen LogP contribution in [0.4, 0.5) is 0 Å². The third-order valence-corrected chi connectivity index (χ3v) is 6.66. The Balaban J connectivity index is 2.42. The molecule has 1 unspecified atom stereocenters. The number of sulfonamides is 1. The van der Waals surface area contributed by atoms with Gasteiger partial charge in [-0.3, -0.25) is 0 Å². The molecule has 1 fully saturated rings. The zero-order valence-electron chi connectivity index (χ0n) is 9.44. The molecule has 0 aliphatic carbocycles. The molecule has 1 aromatic carbocycles. The van der Waals surface area contributed by atoms with Crippen molar-refractivity contribution in [3.63, 3.8) is 0 Å². The molecule has 1 aliphatic rings. The van der Waals surface area contributed by atoms with Gasteiger partial charge in [0.15, 0.2) is 0 Å². The van der Waals surface area contributed by atoms with E-state index in [-0.39, 0.29) is 16.0 Å². The van der Waals surface area contributed by atoms with Crippen LogP contribution in [0.3, 0.4) is 0 Å². The van der Waals surface area contributed by atoms with Crippen molar-refractivity contribution in [1.82, 2.24) is 4.31 Å². The van der Waals surface area contributed by atoms with E-state index in [1.807, 2.05) is 0 Å². The molecular formula is C11H12Br2ClNO2S. The molecule has 1 aromatic rings. The lowest BCUT2D eigenvalue weighted by Crippen LogP contribution is -2.36. The van der Waals surface area contributed by atoms with Crippen LogP contribution in [0.1, 0.15) is 12.8 Å². The van der Waals surface area contributed by atoms with Gasteiger partial charge in [0.05, 0.1) is 5.02 Å². The molecule has 0 radical (unpaired) electrons. The minimum absolute atomic E-state index is 0.0229. The molecule has 0 spiro atoms. The summed E-state index contributed by atoms with van der Waals surface area (Å²) in [7, 11) is -3.50. The Morgan fingerprint density at radius 2 is 2.17 bits per heavy atom. The molecule has 0 bridgehead atoms. The van der Waals surface area contributed by atoms with E-state index in [0.717, 1.165) is 17.3 Å². The van der Waals surface area contributed by atoms with E-state index >= 15 is 0 Å². The minimum Gasteiger partial charge on any atom is -0.207 e. The first kappa shape index (κ1) is 14.8. The molecule has 0 aromatic heterocycles. The van der Waals surface area contributed by atoms with Crippen molar-refractivity contribution in [3.05, 3.63) is 27.7 Å². The lowest BCUT2D eigenvalue weighted by molar-refractivity contribution is 0.414. The Labute approximate surface area is 129 Å². The molecule has 100 valence electrons. The molecule has 3 nitrogen and oxygen atoms in total. The van der Waals surface area contributed by atoms with Crippen LogP contribution in [0.15, 0.2) is 27.6 Å². The van der Waals surface area contributed by atoms with Crippen molar-refractivity contribution < 1.29 is 8.42 Å². The fraction of sp³-hybridized carbons (Fsp3) is 0.455. The molecule has 2 rings (SSSR count). The summed E-state index contributed by atoms with van der Waals surface area (Å²) >= 11 is 12.7. The van der Waals surface area contributed by atoms with Crippen molar-refractivity contribution in [2.24, 2.45) is 0 Å². The first-order chi connectivity index (χ1) is 8.46. The molecule has 1 aliphatic heterocycles. The Morgan fingerprint density at radius 3 is 2.78 bits per heavy atom. The van der Waals surface area contributed by atoms with E-state index in [2.05, 4.69) is 31.9 Å². The first-order valence-electron chi connectivity index (χ1n) is 5.49. The highest BCUT2D eigenvalue weighted by molar-refractivity contribution is 9.10. The number of rotatable bonds is 3. The maximum atomic E-state index is 12.5. The van der Waals surface area contributed by atoms with Crippen LogP contribution in [0.5, 0.6) is 0 Å². The monoisotopic (exact) mass is 415 g/mol. The van der Waals surface area contributed by atoms with Gasteiger partial charge < -0.3 is 0 Å². The lowest BCUT2D eigenvalue weighted by atomic mass is 10.3. The maximum Gasteiger partial charge on any atom is 0.244 e. The van der Waals surface area contributed by atoms with Gasteiger partial charge >= 0.3 is 0 Å². The second-order valence-electron chi connectivity index (χ2n) is 4.14. The smallest absolute Gasteiger partial charge is 0.207 e. The molecule has 1 atom stereocenters. The third-order valence-electron chi connectivity index (χ3n) is 2.98. The highest BCUT2D eigenvalue weighted by atomic mass is 79.9. The van der Waals surface area contributed by atoms with Crippen LogP contribution >= 0.6 is 43.5 Å². The van der Waals surface area contributed by atoms with Crippen molar-refractivity contribution in [1.29, 1.82) is 0 Å². The number of benzene rings is 1. The predicted octanol–water partition coefficient (Wildman–Crippen LogP) is 3.65. The molecule has 0 N–H and O–H groups in total. The van der Waals surface area contributed by atoms with Crippen molar-refractivity contribution in [3.8, 4) is 0 Å². The zero-order valence-corrected chi connectivity index (χ0v) is 14.2. The summed E-state index contributed by atoms with van der Waals surface area (Å²) in [5, 5.41) is 0.907. The van der Waals surface area contributed by atoms with E-state index in [1.165, 1.54) is 4.31 Å². The summed E-state index contributed by atoms with van der Waals surface area (Å²) in [6.07, 6.45) is 1.78. The summed E-state index contributed by atoms with van der Waals surface area (Å²) in [5.41, 5.74) is 0. The summed E-state index contributed by atoms with van der Waals surface area (Å²) in [4.78, 5) is 0.181. The number of alkyl halides is 1. The van der Waals surface area contributed by atoms with E-state index in [0.29, 0.717) is 11.9 Å². The molecule has 1 saturated heterocycles. The highest BCUT2D eigenvalue weighted by Crippen LogP contribution is 2.32. The summed E-state index contributed by atoms with van der Waals surface area (Å²) in [5.74, 6) is 0. The first-order valence-corrected chi connectivity index (χ1v) is 9.23. The topological polar surface area (TPSA) is 37.4 Å². The zero-order chi connectivity index (χ0) is 13.3. The van der Waals surface area contributed by atoms with Gasteiger partial charge in [-0.1, -0.05) is 43.5 Å². The van der Waals surface area contributed by atoms with E-state index in [4.69, 9.17) is 11.6 Å². The van der Waals surface area contributed by atoms with Gasteiger partial charge in [-0.15, -0.1) is 0 Å². The van der Waals surface area contributed by atoms with Crippen molar-refractivity contribution in [2.45, 2.75) is 23.8 Å². The Bertz CT molecular complexity index is 550. The van der Waals surface area contributed by atoms with Crippen LogP contribution in [-0.2, 0) is 10.0 Å². The van der Waals surface area contributed by atoms with Gasteiger partial charge in [0.25, 0.3) is 0 Å². The van der Waals surface area contributed by atoms with Gasteiger partial charge in [0.1, 0.15) is 4.90 Å². The van der Waals surface area contributed by atoms with Crippen LogP contribution < -0.4 is 0 Å². The van der Waals surface area contributed by atoms with Gasteiger partial charge in [0.2, 0.25) is 10.0 Å². The summed E-state index contributed by atoms with van der Waals surface area (Å²) < 4.78 is 27.4. The van der Waals surface area contributed by atoms with Gasteiger partial charge in [0, 0.05) is 22.4 Å². The van der Waals surface area contributed by atoms with E-state index in [9.17, 15) is 8.42 Å². The fourth-order valence-electron chi connectivity index (χ4n) is 2.09. The van der Waals surface area contributed by atoms with Gasteiger partial charge in [-0.2, -0.15) is 4.31 Å². The molecule has 7 heteroatoms. The molecule has 1 heterocycles. The third kappa shape index (κ3) is 2.77. The second kappa shape index (κ2) is 5.79. The maximum absolute atomic E-state index is 12.5. The highest BCUT2D eigenvalue weighted by Gasteiger charge is 2.35. The molecule has 0 amide bonds. The summed E-state index contributed by atoms with van der Waals surface area (Å²) in [6.45, 7) is 0.561. The number of nitrogens with zero attached hydrogens (tertiary/aromatic N) is 1. The van der Waals surface area contributed by atoms with Gasteiger partial charge in [-0.05, 0) is 31.0 Å². The Hall–Kier alpha value is 0.380. The number of hydrogen-bond acceptors (Lipinski definition) is 2. The molecule has 18 heavy (non-hydrogen) atoms. The summed E-state index contributed by atoms with van der Waals surface area (Å²) in [6, 6.07) is 4.87. The number of halogens is 3.